The van der Waals surface area contributed by atoms with Gasteiger partial charge in [-0.2, -0.15) is 0 Å². The van der Waals surface area contributed by atoms with Crippen molar-refractivity contribution in [1.29, 1.82) is 0 Å². The minimum atomic E-state index is 0.553. The van der Waals surface area contributed by atoms with Gasteiger partial charge in [-0.3, -0.25) is 0 Å². The Morgan fingerprint density at radius 3 is 1.36 bits per heavy atom. The molecule has 0 saturated heterocycles. The second-order valence-electron chi connectivity index (χ2n) is 12.4. The Balaban J connectivity index is 1.57. The van der Waals surface area contributed by atoms with Crippen molar-refractivity contribution in [2.45, 2.75) is 181 Å². The predicted octanol–water partition coefficient (Wildman–Crippen LogP) is 12.0. The smallest absolute Gasteiger partial charge is 0.101 e. The van der Waals surface area contributed by atoms with E-state index in [2.05, 4.69) is 66.4 Å². The molecule has 0 aliphatic carbocycles. The van der Waals surface area contributed by atoms with Crippen LogP contribution in [0, 0.1) is 0 Å². The van der Waals surface area contributed by atoms with Crippen LogP contribution in [0.3, 0.4) is 0 Å². The Bertz CT molecular complexity index is 669. The molecule has 0 saturated carbocycles. The van der Waals surface area contributed by atoms with Crippen LogP contribution in [0.15, 0.2) is 42.7 Å². The van der Waals surface area contributed by atoms with E-state index in [1.165, 1.54) is 166 Å². The number of rotatable bonds is 27. The highest BCUT2D eigenvalue weighted by molar-refractivity contribution is 5.16. The third kappa shape index (κ3) is 17.1. The molecule has 0 spiro atoms. The Kier molecular flexibility index (Phi) is 21.1. The van der Waals surface area contributed by atoms with Gasteiger partial charge in [-0.25, -0.2) is 0 Å². The average molecular weight is 539 g/mol. The molecule has 1 aliphatic heterocycles. The van der Waals surface area contributed by atoms with Crippen molar-refractivity contribution in [2.75, 3.05) is 6.54 Å². The largest absolute Gasteiger partial charge is 0.356 e. The van der Waals surface area contributed by atoms with E-state index in [1.54, 1.807) is 0 Å². The van der Waals surface area contributed by atoms with Crippen molar-refractivity contribution in [3.63, 3.8) is 0 Å². The second-order valence-corrected chi connectivity index (χ2v) is 12.4. The molecule has 1 atom stereocenters. The zero-order valence-electron chi connectivity index (χ0n) is 26.4. The van der Waals surface area contributed by atoms with Gasteiger partial charge < -0.3 is 9.80 Å². The molecule has 0 radical (unpaired) electrons. The minimum absolute atomic E-state index is 0.553. The van der Waals surface area contributed by atoms with Crippen molar-refractivity contribution in [2.24, 2.45) is 0 Å². The van der Waals surface area contributed by atoms with Gasteiger partial charge in [-0.1, -0.05) is 179 Å². The van der Waals surface area contributed by atoms with Crippen LogP contribution >= 0.6 is 0 Å². The molecule has 224 valence electrons. The summed E-state index contributed by atoms with van der Waals surface area (Å²) in [7, 11) is 0. The second kappa shape index (κ2) is 24.4. The summed E-state index contributed by atoms with van der Waals surface area (Å²) in [6.45, 7) is 6.87. The van der Waals surface area contributed by atoms with Crippen molar-refractivity contribution in [1.82, 2.24) is 9.80 Å². The molecule has 2 heteroatoms. The van der Waals surface area contributed by atoms with Gasteiger partial charge in [0, 0.05) is 25.5 Å². The molecule has 2 rings (SSSR count). The molecule has 0 amide bonds. The van der Waals surface area contributed by atoms with E-state index >= 15 is 0 Å². The van der Waals surface area contributed by atoms with Crippen LogP contribution in [0.4, 0.5) is 0 Å². The first-order valence-electron chi connectivity index (χ1n) is 17.6. The lowest BCUT2D eigenvalue weighted by Gasteiger charge is -2.33. The van der Waals surface area contributed by atoms with Crippen LogP contribution in [0.5, 0.6) is 0 Å². The first-order valence-corrected chi connectivity index (χ1v) is 17.6. The maximum absolute atomic E-state index is 2.66. The van der Waals surface area contributed by atoms with Crippen molar-refractivity contribution < 1.29 is 0 Å². The van der Waals surface area contributed by atoms with E-state index < -0.39 is 0 Å². The Hall–Kier alpha value is -1.44. The van der Waals surface area contributed by atoms with E-state index in [1.807, 2.05) is 0 Å². The van der Waals surface area contributed by atoms with Gasteiger partial charge in [0.05, 0.1) is 0 Å². The Morgan fingerprint density at radius 2 is 0.872 bits per heavy atom. The van der Waals surface area contributed by atoms with Gasteiger partial charge in [0.25, 0.3) is 0 Å². The van der Waals surface area contributed by atoms with E-state index in [-0.39, 0.29) is 0 Å². The maximum atomic E-state index is 2.66. The van der Waals surface area contributed by atoms with E-state index in [4.69, 9.17) is 0 Å². The molecular formula is C37H66N2. The van der Waals surface area contributed by atoms with Gasteiger partial charge in [-0.15, -0.1) is 0 Å². The fourth-order valence-corrected chi connectivity index (χ4v) is 6.19. The SMILES string of the molecule is CCCCCCCCCCCCCCCCN1C=CN(Cc2ccccc2)C1CCCCCCCCCCC. The van der Waals surface area contributed by atoms with Crippen LogP contribution in [0.2, 0.25) is 0 Å². The van der Waals surface area contributed by atoms with Crippen LogP contribution in [0.25, 0.3) is 0 Å². The minimum Gasteiger partial charge on any atom is -0.356 e. The number of hydrogen-bond acceptors (Lipinski definition) is 2. The summed E-state index contributed by atoms with van der Waals surface area (Å²) in [5.74, 6) is 0. The zero-order chi connectivity index (χ0) is 27.6. The van der Waals surface area contributed by atoms with Crippen molar-refractivity contribution in [3.8, 4) is 0 Å². The van der Waals surface area contributed by atoms with E-state index in [9.17, 15) is 0 Å². The van der Waals surface area contributed by atoms with Gasteiger partial charge >= 0.3 is 0 Å². The summed E-state index contributed by atoms with van der Waals surface area (Å²) in [5.41, 5.74) is 1.43. The third-order valence-corrected chi connectivity index (χ3v) is 8.76. The molecule has 0 bridgehead atoms. The summed E-state index contributed by atoms with van der Waals surface area (Å²) in [5, 5.41) is 0. The highest BCUT2D eigenvalue weighted by atomic mass is 15.4. The average Bonchev–Trinajstić information content (AvgIpc) is 3.33. The van der Waals surface area contributed by atoms with Gasteiger partial charge in [0.15, 0.2) is 0 Å². The van der Waals surface area contributed by atoms with Gasteiger partial charge in [0.2, 0.25) is 0 Å². The third-order valence-electron chi connectivity index (χ3n) is 8.76. The predicted molar refractivity (Wildman–Crippen MR) is 174 cm³/mol. The van der Waals surface area contributed by atoms with Crippen LogP contribution in [-0.4, -0.2) is 22.5 Å². The molecule has 0 aromatic heterocycles. The van der Waals surface area contributed by atoms with E-state index in [0.29, 0.717) is 6.17 Å². The summed E-state index contributed by atoms with van der Waals surface area (Å²) in [4.78, 5) is 5.26. The van der Waals surface area contributed by atoms with Gasteiger partial charge in [-0.05, 0) is 24.8 Å². The lowest BCUT2D eigenvalue weighted by atomic mass is 10.0. The topological polar surface area (TPSA) is 6.48 Å². The molecule has 1 aliphatic rings. The number of hydrogen-bond donors (Lipinski definition) is 0. The van der Waals surface area contributed by atoms with Crippen LogP contribution < -0.4 is 0 Å². The highest BCUT2D eigenvalue weighted by Gasteiger charge is 2.25. The zero-order valence-corrected chi connectivity index (χ0v) is 26.4. The lowest BCUT2D eigenvalue weighted by molar-refractivity contribution is 0.132. The highest BCUT2D eigenvalue weighted by Crippen LogP contribution is 2.25. The fraction of sp³-hybridized carbons (Fsp3) is 0.784. The van der Waals surface area contributed by atoms with Gasteiger partial charge in [0.1, 0.15) is 6.17 Å². The number of benzene rings is 1. The van der Waals surface area contributed by atoms with Crippen molar-refractivity contribution in [3.05, 3.63) is 48.3 Å². The molecule has 39 heavy (non-hydrogen) atoms. The molecule has 1 unspecified atom stereocenters. The summed E-state index contributed by atoms with van der Waals surface area (Å²) in [6.07, 6.45) is 39.4. The lowest BCUT2D eigenvalue weighted by Crippen LogP contribution is -2.38. The monoisotopic (exact) mass is 539 g/mol. The summed E-state index contributed by atoms with van der Waals surface area (Å²) < 4.78 is 0. The normalized spacial score (nSPS) is 15.1. The standard InChI is InChI=1S/C37H66N2/c1-3-5-7-9-11-13-14-15-16-17-19-21-23-28-32-38-33-34-39(35-36-29-25-24-26-30-36)37(38)31-27-22-20-18-12-10-8-6-4-2/h24-26,29-30,33-34,37H,3-23,27-28,31-32,35H2,1-2H3. The summed E-state index contributed by atoms with van der Waals surface area (Å²) >= 11 is 0. The molecule has 0 N–H and O–H groups in total. The van der Waals surface area contributed by atoms with Crippen molar-refractivity contribution >= 4 is 0 Å². The molecular weight excluding hydrogens is 472 g/mol. The first kappa shape index (κ1) is 33.8. The van der Waals surface area contributed by atoms with Crippen LogP contribution in [0.1, 0.15) is 174 Å². The number of unbranched alkanes of at least 4 members (excludes halogenated alkanes) is 21. The molecule has 1 heterocycles. The van der Waals surface area contributed by atoms with E-state index in [0.717, 1.165) is 6.54 Å². The number of nitrogens with zero attached hydrogens (tertiary/aromatic N) is 2. The van der Waals surface area contributed by atoms with Crippen LogP contribution in [-0.2, 0) is 6.54 Å². The Labute approximate surface area is 245 Å². The molecule has 2 nitrogen and oxygen atoms in total. The maximum Gasteiger partial charge on any atom is 0.101 e. The first-order chi connectivity index (χ1) is 19.3. The Morgan fingerprint density at radius 1 is 0.462 bits per heavy atom. The molecule has 1 aromatic carbocycles. The summed E-state index contributed by atoms with van der Waals surface area (Å²) in [6, 6.07) is 11.0. The quantitative estimate of drug-likeness (QED) is 0.103. The molecule has 0 fully saturated rings. The molecule has 1 aromatic rings. The fourth-order valence-electron chi connectivity index (χ4n) is 6.19.